The number of hydrogen-bond acceptors (Lipinski definition) is 5. The summed E-state index contributed by atoms with van der Waals surface area (Å²) < 4.78 is 5.70. The van der Waals surface area contributed by atoms with E-state index in [4.69, 9.17) is 4.74 Å². The molecule has 3 rings (SSSR count). The van der Waals surface area contributed by atoms with E-state index in [0.717, 1.165) is 50.5 Å². The fraction of sp³-hybridized carbons (Fsp3) is 0.529. The molecule has 1 aliphatic rings. The summed E-state index contributed by atoms with van der Waals surface area (Å²) in [5.41, 5.74) is 2.15. The lowest BCUT2D eigenvalue weighted by Gasteiger charge is -2.35. The lowest BCUT2D eigenvalue weighted by atomic mass is 10.1. The number of rotatable bonds is 5. The number of aryl methyl sites for hydroxylation is 3. The summed E-state index contributed by atoms with van der Waals surface area (Å²) in [5, 5.41) is 0. The molecule has 118 valence electrons. The van der Waals surface area contributed by atoms with Crippen LogP contribution in [0.15, 0.2) is 24.5 Å². The summed E-state index contributed by atoms with van der Waals surface area (Å²) in [6, 6.07) is 4.93. The Morgan fingerprint density at radius 2 is 2.14 bits per heavy atom. The van der Waals surface area contributed by atoms with Gasteiger partial charge >= 0.3 is 0 Å². The zero-order valence-corrected chi connectivity index (χ0v) is 14.1. The first kappa shape index (κ1) is 15.6. The second-order valence-electron chi connectivity index (χ2n) is 5.84. The van der Waals surface area contributed by atoms with Crippen molar-refractivity contribution in [2.45, 2.75) is 39.3 Å². The topological polar surface area (TPSA) is 38.2 Å². The molecule has 0 radical (unpaired) electrons. The molecule has 0 amide bonds. The lowest BCUT2D eigenvalue weighted by Crippen LogP contribution is -2.45. The first-order valence-corrected chi connectivity index (χ1v) is 8.67. The number of ether oxygens (including phenoxy) is 1. The van der Waals surface area contributed by atoms with Gasteiger partial charge in [0.05, 0.1) is 24.6 Å². The summed E-state index contributed by atoms with van der Waals surface area (Å²) in [6.07, 6.45) is 5.58. The smallest absolute Gasteiger partial charge is 0.0622 e. The van der Waals surface area contributed by atoms with E-state index < -0.39 is 0 Å². The zero-order valence-electron chi connectivity index (χ0n) is 13.3. The van der Waals surface area contributed by atoms with Gasteiger partial charge in [-0.05, 0) is 38.8 Å². The predicted molar refractivity (Wildman–Crippen MR) is 89.2 cm³/mol. The molecule has 0 aliphatic carbocycles. The van der Waals surface area contributed by atoms with E-state index in [0.29, 0.717) is 6.04 Å². The van der Waals surface area contributed by atoms with Crippen molar-refractivity contribution in [2.75, 3.05) is 19.8 Å². The highest BCUT2D eigenvalue weighted by molar-refractivity contribution is 7.11. The zero-order chi connectivity index (χ0) is 15.4. The number of morpholine rings is 1. The van der Waals surface area contributed by atoms with E-state index in [1.165, 1.54) is 9.75 Å². The first-order valence-electron chi connectivity index (χ1n) is 7.86. The first-order chi connectivity index (χ1) is 10.7. The van der Waals surface area contributed by atoms with E-state index in [1.54, 1.807) is 12.4 Å². The molecule has 1 saturated heterocycles. The number of thiophene rings is 1. The molecule has 1 aliphatic heterocycles. The molecule has 0 N–H and O–H groups in total. The van der Waals surface area contributed by atoms with Crippen LogP contribution < -0.4 is 0 Å². The van der Waals surface area contributed by atoms with Gasteiger partial charge < -0.3 is 4.74 Å². The van der Waals surface area contributed by atoms with Gasteiger partial charge in [-0.15, -0.1) is 11.3 Å². The Bertz CT molecular complexity index is 613. The molecule has 0 spiro atoms. The van der Waals surface area contributed by atoms with Crippen molar-refractivity contribution in [1.82, 2.24) is 14.9 Å². The van der Waals surface area contributed by atoms with E-state index in [-0.39, 0.29) is 0 Å². The van der Waals surface area contributed by atoms with Crippen LogP contribution in [-0.4, -0.2) is 40.7 Å². The summed E-state index contributed by atoms with van der Waals surface area (Å²) in [7, 11) is 0. The van der Waals surface area contributed by atoms with Crippen molar-refractivity contribution in [2.24, 2.45) is 0 Å². The van der Waals surface area contributed by atoms with Gasteiger partial charge in [-0.25, -0.2) is 0 Å². The number of hydrogen-bond donors (Lipinski definition) is 0. The highest BCUT2D eigenvalue weighted by atomic mass is 32.1. The molecule has 0 saturated carbocycles. The maximum Gasteiger partial charge on any atom is 0.0622 e. The van der Waals surface area contributed by atoms with Gasteiger partial charge in [0.25, 0.3) is 0 Å². The fourth-order valence-corrected chi connectivity index (χ4v) is 3.83. The van der Waals surface area contributed by atoms with Gasteiger partial charge in [-0.3, -0.25) is 14.9 Å². The third kappa shape index (κ3) is 3.91. The molecule has 5 heteroatoms. The van der Waals surface area contributed by atoms with Crippen LogP contribution in [0.3, 0.4) is 0 Å². The lowest BCUT2D eigenvalue weighted by molar-refractivity contribution is -0.0139. The standard InChI is InChI=1S/C17H23N3OS/c1-13-3-5-16(22-13)11-20-9-10-21-12-15(20)4-6-17-14(2)18-7-8-19-17/h3,5,7-8,15H,4,6,9-12H2,1-2H3. The van der Waals surface area contributed by atoms with Crippen molar-refractivity contribution < 1.29 is 4.74 Å². The normalized spacial score (nSPS) is 19.5. The number of nitrogens with zero attached hydrogens (tertiary/aromatic N) is 3. The third-order valence-electron chi connectivity index (χ3n) is 4.20. The van der Waals surface area contributed by atoms with Crippen LogP contribution in [0, 0.1) is 13.8 Å². The summed E-state index contributed by atoms with van der Waals surface area (Å²) >= 11 is 1.90. The molecule has 22 heavy (non-hydrogen) atoms. The van der Waals surface area contributed by atoms with Crippen LogP contribution in [0.2, 0.25) is 0 Å². The summed E-state index contributed by atoms with van der Waals surface area (Å²) in [4.78, 5) is 14.2. The van der Waals surface area contributed by atoms with Crippen LogP contribution in [0.4, 0.5) is 0 Å². The molecule has 1 unspecified atom stereocenters. The van der Waals surface area contributed by atoms with Crippen molar-refractivity contribution in [3.8, 4) is 0 Å². The maximum atomic E-state index is 5.70. The molecular weight excluding hydrogens is 294 g/mol. The predicted octanol–water partition coefficient (Wildman–Crippen LogP) is 2.99. The van der Waals surface area contributed by atoms with E-state index in [9.17, 15) is 0 Å². The van der Waals surface area contributed by atoms with Crippen molar-refractivity contribution in [1.29, 1.82) is 0 Å². The Morgan fingerprint density at radius 1 is 1.27 bits per heavy atom. The van der Waals surface area contributed by atoms with Crippen LogP contribution in [0.1, 0.15) is 27.6 Å². The average molecular weight is 317 g/mol. The van der Waals surface area contributed by atoms with Crippen LogP contribution in [0.25, 0.3) is 0 Å². The number of aromatic nitrogens is 2. The largest absolute Gasteiger partial charge is 0.378 e. The van der Waals surface area contributed by atoms with Crippen molar-refractivity contribution in [3.05, 3.63) is 45.7 Å². The minimum absolute atomic E-state index is 0.470. The molecular formula is C17H23N3OS. The molecule has 1 atom stereocenters. The van der Waals surface area contributed by atoms with Gasteiger partial charge in [0, 0.05) is 41.3 Å². The van der Waals surface area contributed by atoms with Crippen LogP contribution in [-0.2, 0) is 17.7 Å². The van der Waals surface area contributed by atoms with Gasteiger partial charge in [-0.2, -0.15) is 0 Å². The van der Waals surface area contributed by atoms with Gasteiger partial charge in [0.2, 0.25) is 0 Å². The molecule has 0 aromatic carbocycles. The Hall–Kier alpha value is -1.30. The molecule has 4 nitrogen and oxygen atoms in total. The van der Waals surface area contributed by atoms with Crippen LogP contribution >= 0.6 is 11.3 Å². The van der Waals surface area contributed by atoms with Gasteiger partial charge in [0.1, 0.15) is 0 Å². The maximum absolute atomic E-state index is 5.70. The summed E-state index contributed by atoms with van der Waals surface area (Å²) in [5.74, 6) is 0. The SMILES string of the molecule is Cc1ccc(CN2CCOCC2CCc2nccnc2C)s1. The van der Waals surface area contributed by atoms with E-state index >= 15 is 0 Å². The van der Waals surface area contributed by atoms with Crippen molar-refractivity contribution in [3.63, 3.8) is 0 Å². The van der Waals surface area contributed by atoms with E-state index in [2.05, 4.69) is 33.9 Å². The Labute approximate surface area is 136 Å². The fourth-order valence-electron chi connectivity index (χ4n) is 2.92. The average Bonchev–Trinajstić information content (AvgIpc) is 2.93. The third-order valence-corrected chi connectivity index (χ3v) is 5.19. The monoisotopic (exact) mass is 317 g/mol. The van der Waals surface area contributed by atoms with Crippen molar-refractivity contribution >= 4 is 11.3 Å². The highest BCUT2D eigenvalue weighted by Crippen LogP contribution is 2.21. The second-order valence-corrected chi connectivity index (χ2v) is 7.21. The second kappa shape index (κ2) is 7.31. The highest BCUT2D eigenvalue weighted by Gasteiger charge is 2.23. The molecule has 1 fully saturated rings. The minimum atomic E-state index is 0.470. The Balaban J connectivity index is 1.61. The molecule has 2 aromatic heterocycles. The molecule has 3 heterocycles. The van der Waals surface area contributed by atoms with Gasteiger partial charge in [0.15, 0.2) is 0 Å². The summed E-state index contributed by atoms with van der Waals surface area (Å²) in [6.45, 7) is 7.91. The molecule has 0 bridgehead atoms. The van der Waals surface area contributed by atoms with Crippen LogP contribution in [0.5, 0.6) is 0 Å². The molecule has 2 aromatic rings. The van der Waals surface area contributed by atoms with Gasteiger partial charge in [-0.1, -0.05) is 0 Å². The van der Waals surface area contributed by atoms with E-state index in [1.807, 2.05) is 18.3 Å². The minimum Gasteiger partial charge on any atom is -0.378 e. The quantitative estimate of drug-likeness (QED) is 0.850. The Morgan fingerprint density at radius 3 is 2.91 bits per heavy atom. The Kier molecular flexibility index (Phi) is 5.18.